The van der Waals surface area contributed by atoms with E-state index in [1.165, 1.54) is 37.4 Å². The summed E-state index contributed by atoms with van der Waals surface area (Å²) in [7, 11) is -2.25. The Morgan fingerprint density at radius 2 is 2.00 bits per heavy atom. The topological polar surface area (TPSA) is 111 Å². The lowest BCUT2D eigenvalue weighted by molar-refractivity contribution is 0.0937. The molecule has 0 bridgehead atoms. The van der Waals surface area contributed by atoms with Crippen LogP contribution in [0.15, 0.2) is 39.8 Å². The smallest absolute Gasteiger partial charge is 0.263 e. The molecule has 0 aliphatic rings. The molecule has 124 valence electrons. The standard InChI is InChI=1S/C14H17N3O5S/c1-10-9-13(16-22-10)17-23(19,20)12-5-3-11(4-6-12)14(18)15-7-8-21-2/h3-6,9H,7-8H2,1-2H3,(H,15,18)(H,16,17). The van der Waals surface area contributed by atoms with E-state index in [0.29, 0.717) is 24.5 Å². The maximum atomic E-state index is 12.2. The summed E-state index contributed by atoms with van der Waals surface area (Å²) in [6.45, 7) is 2.43. The summed E-state index contributed by atoms with van der Waals surface area (Å²) in [5.74, 6) is 0.292. The highest BCUT2D eigenvalue weighted by molar-refractivity contribution is 7.92. The van der Waals surface area contributed by atoms with E-state index in [2.05, 4.69) is 15.2 Å². The third kappa shape index (κ3) is 4.54. The van der Waals surface area contributed by atoms with Gasteiger partial charge in [0.15, 0.2) is 5.82 Å². The Labute approximate surface area is 133 Å². The van der Waals surface area contributed by atoms with Gasteiger partial charge in [-0.1, -0.05) is 5.16 Å². The number of sulfonamides is 1. The number of methoxy groups -OCH3 is 1. The zero-order valence-corrected chi connectivity index (χ0v) is 13.5. The minimum atomic E-state index is -3.79. The highest BCUT2D eigenvalue weighted by Crippen LogP contribution is 2.16. The zero-order chi connectivity index (χ0) is 16.9. The van der Waals surface area contributed by atoms with Gasteiger partial charge in [-0.2, -0.15) is 0 Å². The van der Waals surface area contributed by atoms with Crippen molar-refractivity contribution in [2.45, 2.75) is 11.8 Å². The molecule has 0 aliphatic heterocycles. The molecular weight excluding hydrogens is 322 g/mol. The van der Waals surface area contributed by atoms with E-state index < -0.39 is 10.0 Å². The van der Waals surface area contributed by atoms with Crippen LogP contribution in [0.4, 0.5) is 5.82 Å². The van der Waals surface area contributed by atoms with Crippen LogP contribution >= 0.6 is 0 Å². The number of benzene rings is 1. The largest absolute Gasteiger partial charge is 0.383 e. The predicted molar refractivity (Wildman–Crippen MR) is 82.7 cm³/mol. The molecule has 1 amide bonds. The number of hydrogen-bond acceptors (Lipinski definition) is 6. The molecule has 9 heteroatoms. The van der Waals surface area contributed by atoms with Crippen LogP contribution in [0.25, 0.3) is 0 Å². The minimum Gasteiger partial charge on any atom is -0.383 e. The van der Waals surface area contributed by atoms with Gasteiger partial charge in [-0.25, -0.2) is 8.42 Å². The van der Waals surface area contributed by atoms with Crippen LogP contribution in [0, 0.1) is 6.92 Å². The normalized spacial score (nSPS) is 11.2. The highest BCUT2D eigenvalue weighted by Gasteiger charge is 2.17. The fourth-order valence-corrected chi connectivity index (χ4v) is 2.75. The number of carbonyl (C=O) groups is 1. The van der Waals surface area contributed by atoms with E-state index in [4.69, 9.17) is 9.26 Å². The third-order valence-corrected chi connectivity index (χ3v) is 4.26. The number of hydrogen-bond donors (Lipinski definition) is 2. The first-order valence-corrected chi connectivity index (χ1v) is 8.24. The van der Waals surface area contributed by atoms with E-state index in [0.717, 1.165) is 0 Å². The minimum absolute atomic E-state index is 0.0200. The molecule has 2 N–H and O–H groups in total. The van der Waals surface area contributed by atoms with Crippen LogP contribution < -0.4 is 10.0 Å². The van der Waals surface area contributed by atoms with Crippen molar-refractivity contribution in [3.63, 3.8) is 0 Å². The van der Waals surface area contributed by atoms with Crippen molar-refractivity contribution in [1.82, 2.24) is 10.5 Å². The molecule has 8 nitrogen and oxygen atoms in total. The molecule has 1 aromatic heterocycles. The number of nitrogens with one attached hydrogen (secondary N) is 2. The van der Waals surface area contributed by atoms with Gasteiger partial charge < -0.3 is 14.6 Å². The molecule has 0 spiro atoms. The third-order valence-electron chi connectivity index (χ3n) is 2.89. The second-order valence-electron chi connectivity index (χ2n) is 4.70. The number of anilines is 1. The molecule has 0 fully saturated rings. The Balaban J connectivity index is 2.07. The number of carbonyl (C=O) groups excluding carboxylic acids is 1. The number of ether oxygens (including phenoxy) is 1. The van der Waals surface area contributed by atoms with Gasteiger partial charge >= 0.3 is 0 Å². The fraction of sp³-hybridized carbons (Fsp3) is 0.286. The summed E-state index contributed by atoms with van der Waals surface area (Å²) in [4.78, 5) is 11.8. The first-order chi connectivity index (χ1) is 10.9. The Morgan fingerprint density at radius 3 is 2.57 bits per heavy atom. The average molecular weight is 339 g/mol. The molecule has 0 unspecified atom stereocenters. The van der Waals surface area contributed by atoms with Gasteiger partial charge in [0.25, 0.3) is 15.9 Å². The van der Waals surface area contributed by atoms with E-state index in [1.807, 2.05) is 0 Å². The Morgan fingerprint density at radius 1 is 1.30 bits per heavy atom. The van der Waals surface area contributed by atoms with Crippen molar-refractivity contribution >= 4 is 21.7 Å². The van der Waals surface area contributed by atoms with Gasteiger partial charge in [-0.15, -0.1) is 0 Å². The van der Waals surface area contributed by atoms with Crippen molar-refractivity contribution in [2.24, 2.45) is 0 Å². The van der Waals surface area contributed by atoms with Gasteiger partial charge in [0, 0.05) is 25.3 Å². The van der Waals surface area contributed by atoms with Crippen molar-refractivity contribution in [3.05, 3.63) is 41.7 Å². The SMILES string of the molecule is COCCNC(=O)c1ccc(S(=O)(=O)Nc2cc(C)on2)cc1. The van der Waals surface area contributed by atoms with Gasteiger partial charge in [0.05, 0.1) is 11.5 Å². The molecule has 1 heterocycles. The van der Waals surface area contributed by atoms with Gasteiger partial charge in [-0.05, 0) is 31.2 Å². The zero-order valence-electron chi connectivity index (χ0n) is 12.7. The highest BCUT2D eigenvalue weighted by atomic mass is 32.2. The molecule has 2 aromatic rings. The van der Waals surface area contributed by atoms with E-state index in [-0.39, 0.29) is 16.6 Å². The number of rotatable bonds is 7. The Bertz CT molecular complexity index is 768. The number of nitrogens with zero attached hydrogens (tertiary/aromatic N) is 1. The molecular formula is C14H17N3O5S. The van der Waals surface area contributed by atoms with Crippen LogP contribution in [-0.2, 0) is 14.8 Å². The molecule has 1 aromatic carbocycles. The molecule has 2 rings (SSSR count). The molecule has 23 heavy (non-hydrogen) atoms. The first-order valence-electron chi connectivity index (χ1n) is 6.76. The van der Waals surface area contributed by atoms with Crippen LogP contribution in [0.1, 0.15) is 16.1 Å². The summed E-state index contributed by atoms with van der Waals surface area (Å²) < 4.78 is 36.3. The Hall–Kier alpha value is -2.39. The average Bonchev–Trinajstić information content (AvgIpc) is 2.92. The lowest BCUT2D eigenvalue weighted by Crippen LogP contribution is -2.26. The van der Waals surface area contributed by atoms with Gasteiger partial charge in [-0.3, -0.25) is 9.52 Å². The van der Waals surface area contributed by atoms with Crippen molar-refractivity contribution < 1.29 is 22.5 Å². The summed E-state index contributed by atoms with van der Waals surface area (Å²) in [6.07, 6.45) is 0. The second-order valence-corrected chi connectivity index (χ2v) is 6.38. The van der Waals surface area contributed by atoms with E-state index >= 15 is 0 Å². The predicted octanol–water partition coefficient (Wildman–Crippen LogP) is 1.16. The maximum Gasteiger partial charge on any atom is 0.263 e. The maximum absolute atomic E-state index is 12.2. The monoisotopic (exact) mass is 339 g/mol. The number of aryl methyl sites for hydroxylation is 1. The second kappa shape index (κ2) is 7.25. The van der Waals surface area contributed by atoms with Gasteiger partial charge in [0.1, 0.15) is 5.76 Å². The summed E-state index contributed by atoms with van der Waals surface area (Å²) in [5.41, 5.74) is 0.359. The van der Waals surface area contributed by atoms with E-state index in [1.54, 1.807) is 6.92 Å². The quantitative estimate of drug-likeness (QED) is 0.732. The molecule has 0 aliphatic carbocycles. The lowest BCUT2D eigenvalue weighted by atomic mass is 10.2. The molecule has 0 saturated heterocycles. The first kappa shape index (κ1) is 17.0. The fourth-order valence-electron chi connectivity index (χ4n) is 1.77. The summed E-state index contributed by atoms with van der Waals surface area (Å²) in [5, 5.41) is 6.22. The summed E-state index contributed by atoms with van der Waals surface area (Å²) >= 11 is 0. The number of aromatic nitrogens is 1. The van der Waals surface area contributed by atoms with Gasteiger partial charge in [0.2, 0.25) is 0 Å². The van der Waals surface area contributed by atoms with Crippen LogP contribution in [0.2, 0.25) is 0 Å². The lowest BCUT2D eigenvalue weighted by Gasteiger charge is -2.07. The van der Waals surface area contributed by atoms with E-state index in [9.17, 15) is 13.2 Å². The van der Waals surface area contributed by atoms with Crippen LogP contribution in [0.3, 0.4) is 0 Å². The molecule has 0 radical (unpaired) electrons. The summed E-state index contributed by atoms with van der Waals surface area (Å²) in [6, 6.07) is 7.03. The van der Waals surface area contributed by atoms with Crippen LogP contribution in [-0.4, -0.2) is 39.7 Å². The van der Waals surface area contributed by atoms with Crippen molar-refractivity contribution in [1.29, 1.82) is 0 Å². The molecule has 0 saturated carbocycles. The number of amides is 1. The Kier molecular flexibility index (Phi) is 5.35. The molecule has 0 atom stereocenters. The van der Waals surface area contributed by atoms with Crippen molar-refractivity contribution in [3.8, 4) is 0 Å². The van der Waals surface area contributed by atoms with Crippen molar-refractivity contribution in [2.75, 3.05) is 25.0 Å². The van der Waals surface area contributed by atoms with Crippen LogP contribution in [0.5, 0.6) is 0 Å².